The van der Waals surface area contributed by atoms with E-state index >= 15 is 0 Å². The van der Waals surface area contributed by atoms with Gasteiger partial charge in [-0.2, -0.15) is 0 Å². The minimum atomic E-state index is -0.925. The fourth-order valence-electron chi connectivity index (χ4n) is 2.14. The van der Waals surface area contributed by atoms with E-state index in [0.717, 1.165) is 0 Å². The summed E-state index contributed by atoms with van der Waals surface area (Å²) in [5, 5.41) is 13.8. The number of hydrogen-bond donors (Lipinski definition) is 3. The molecule has 2 rings (SSSR count). The zero-order valence-electron chi connectivity index (χ0n) is 14.7. The molecule has 0 aliphatic carbocycles. The Hall–Kier alpha value is -3.55. The Morgan fingerprint density at radius 1 is 0.926 bits per heavy atom. The number of hydrogen-bond acceptors (Lipinski definition) is 5. The molecule has 0 bridgehead atoms. The molecule has 0 saturated heterocycles. The lowest BCUT2D eigenvalue weighted by molar-refractivity contribution is -0.136. The number of aliphatic carboxylic acids is 1. The first-order valence-corrected chi connectivity index (χ1v) is 8.10. The lowest BCUT2D eigenvalue weighted by Crippen LogP contribution is -2.35. The number of nitrogens with one attached hydrogen (secondary N) is 2. The Kier molecular flexibility index (Phi) is 7.18. The van der Waals surface area contributed by atoms with Gasteiger partial charge in [0.25, 0.3) is 5.91 Å². The Morgan fingerprint density at radius 3 is 2.15 bits per heavy atom. The molecule has 3 N–H and O–H groups in total. The van der Waals surface area contributed by atoms with E-state index in [0.29, 0.717) is 22.7 Å². The van der Waals surface area contributed by atoms with Crippen molar-refractivity contribution in [3.8, 4) is 11.5 Å². The van der Waals surface area contributed by atoms with Crippen molar-refractivity contribution < 1.29 is 29.0 Å². The summed E-state index contributed by atoms with van der Waals surface area (Å²) in [6.07, 6.45) is -0.0848. The van der Waals surface area contributed by atoms with Crippen molar-refractivity contribution in [1.29, 1.82) is 0 Å². The SMILES string of the molecule is COc1ccc(OCC(=O)NCC(=O)Nc2ccc(CC(=O)O)cc2)cc1. The van der Waals surface area contributed by atoms with E-state index in [2.05, 4.69) is 10.6 Å². The summed E-state index contributed by atoms with van der Waals surface area (Å²) in [4.78, 5) is 34.2. The Balaban J connectivity index is 1.71. The maximum atomic E-state index is 11.8. The summed E-state index contributed by atoms with van der Waals surface area (Å²) < 4.78 is 10.3. The van der Waals surface area contributed by atoms with Crippen molar-refractivity contribution in [2.75, 3.05) is 25.6 Å². The second kappa shape index (κ2) is 9.81. The largest absolute Gasteiger partial charge is 0.497 e. The van der Waals surface area contributed by atoms with Gasteiger partial charge in [0.05, 0.1) is 20.1 Å². The van der Waals surface area contributed by atoms with Crippen LogP contribution in [-0.2, 0) is 20.8 Å². The number of rotatable bonds is 9. The number of ether oxygens (including phenoxy) is 2. The first-order valence-electron chi connectivity index (χ1n) is 8.10. The van der Waals surface area contributed by atoms with Gasteiger partial charge < -0.3 is 25.2 Å². The van der Waals surface area contributed by atoms with Gasteiger partial charge in [0.15, 0.2) is 6.61 Å². The number of methoxy groups -OCH3 is 1. The molecular weight excluding hydrogens is 352 g/mol. The van der Waals surface area contributed by atoms with Crippen LogP contribution in [0.5, 0.6) is 11.5 Å². The van der Waals surface area contributed by atoms with Gasteiger partial charge in [-0.05, 0) is 42.0 Å². The smallest absolute Gasteiger partial charge is 0.307 e. The predicted octanol–water partition coefficient (Wildman–Crippen LogP) is 1.46. The summed E-state index contributed by atoms with van der Waals surface area (Å²) >= 11 is 0. The van der Waals surface area contributed by atoms with Crippen LogP contribution in [0.25, 0.3) is 0 Å². The fraction of sp³-hybridized carbons (Fsp3) is 0.211. The first kappa shape index (κ1) is 19.8. The van der Waals surface area contributed by atoms with Crippen LogP contribution in [-0.4, -0.2) is 43.2 Å². The molecule has 0 unspecified atom stereocenters. The average molecular weight is 372 g/mol. The van der Waals surface area contributed by atoms with Crippen molar-refractivity contribution in [2.45, 2.75) is 6.42 Å². The van der Waals surface area contributed by atoms with Gasteiger partial charge in [-0.1, -0.05) is 12.1 Å². The van der Waals surface area contributed by atoms with Gasteiger partial charge in [0.1, 0.15) is 11.5 Å². The summed E-state index contributed by atoms with van der Waals surface area (Å²) in [5.74, 6) is -0.570. The van der Waals surface area contributed by atoms with E-state index in [9.17, 15) is 14.4 Å². The highest BCUT2D eigenvalue weighted by atomic mass is 16.5. The summed E-state index contributed by atoms with van der Waals surface area (Å²) in [5.41, 5.74) is 1.14. The number of anilines is 1. The third-order valence-electron chi connectivity index (χ3n) is 3.47. The van der Waals surface area contributed by atoms with Crippen molar-refractivity contribution in [2.24, 2.45) is 0 Å². The molecule has 27 heavy (non-hydrogen) atoms. The summed E-state index contributed by atoms with van der Waals surface area (Å²) in [6.45, 7) is -0.425. The molecule has 0 spiro atoms. The minimum Gasteiger partial charge on any atom is -0.497 e. The number of benzene rings is 2. The molecular formula is C19H20N2O6. The van der Waals surface area contributed by atoms with Crippen LogP contribution in [0.2, 0.25) is 0 Å². The molecule has 0 saturated carbocycles. The lowest BCUT2D eigenvalue weighted by atomic mass is 10.1. The van der Waals surface area contributed by atoms with E-state index in [1.165, 1.54) is 0 Å². The molecule has 0 aromatic heterocycles. The maximum absolute atomic E-state index is 11.8. The summed E-state index contributed by atoms with van der Waals surface area (Å²) in [7, 11) is 1.55. The predicted molar refractivity (Wildman–Crippen MR) is 97.9 cm³/mol. The zero-order valence-corrected chi connectivity index (χ0v) is 14.7. The Labute approximate surface area is 156 Å². The monoisotopic (exact) mass is 372 g/mol. The second-order valence-corrected chi connectivity index (χ2v) is 5.56. The summed E-state index contributed by atoms with van der Waals surface area (Å²) in [6, 6.07) is 13.2. The van der Waals surface area contributed by atoms with E-state index in [4.69, 9.17) is 14.6 Å². The van der Waals surface area contributed by atoms with E-state index in [1.54, 1.807) is 55.6 Å². The molecule has 2 aromatic rings. The van der Waals surface area contributed by atoms with Crippen molar-refractivity contribution >= 4 is 23.5 Å². The van der Waals surface area contributed by atoms with Crippen LogP contribution in [0.4, 0.5) is 5.69 Å². The fourth-order valence-corrected chi connectivity index (χ4v) is 2.14. The Morgan fingerprint density at radius 2 is 1.56 bits per heavy atom. The molecule has 0 fully saturated rings. The number of carboxylic acid groups (broad SMARTS) is 1. The van der Waals surface area contributed by atoms with Gasteiger partial charge >= 0.3 is 5.97 Å². The number of carbonyl (C=O) groups excluding carboxylic acids is 2. The molecule has 0 aliphatic heterocycles. The number of amides is 2. The maximum Gasteiger partial charge on any atom is 0.307 e. The second-order valence-electron chi connectivity index (χ2n) is 5.56. The van der Waals surface area contributed by atoms with Crippen LogP contribution >= 0.6 is 0 Å². The molecule has 0 heterocycles. The quantitative estimate of drug-likeness (QED) is 0.614. The van der Waals surface area contributed by atoms with E-state index in [-0.39, 0.29) is 19.6 Å². The van der Waals surface area contributed by atoms with Gasteiger partial charge in [-0.25, -0.2) is 0 Å². The molecule has 0 atom stereocenters. The molecule has 8 nitrogen and oxygen atoms in total. The van der Waals surface area contributed by atoms with Gasteiger partial charge in [0.2, 0.25) is 5.91 Å². The Bertz CT molecular complexity index is 787. The van der Waals surface area contributed by atoms with Crippen LogP contribution in [0.15, 0.2) is 48.5 Å². The van der Waals surface area contributed by atoms with Crippen LogP contribution < -0.4 is 20.1 Å². The van der Waals surface area contributed by atoms with Crippen LogP contribution in [0, 0.1) is 0 Å². The van der Waals surface area contributed by atoms with Gasteiger partial charge in [-0.15, -0.1) is 0 Å². The van der Waals surface area contributed by atoms with E-state index in [1.807, 2.05) is 0 Å². The normalized spacial score (nSPS) is 9.96. The van der Waals surface area contributed by atoms with Gasteiger partial charge in [-0.3, -0.25) is 14.4 Å². The molecule has 0 radical (unpaired) electrons. The third-order valence-corrected chi connectivity index (χ3v) is 3.47. The van der Waals surface area contributed by atoms with E-state index < -0.39 is 17.8 Å². The standard InChI is InChI=1S/C19H20N2O6/c1-26-15-6-8-16(9-7-15)27-12-18(23)20-11-17(22)21-14-4-2-13(3-5-14)10-19(24)25/h2-9H,10-12H2,1H3,(H,20,23)(H,21,22)(H,24,25). The molecule has 2 aromatic carbocycles. The number of carboxylic acids is 1. The highest BCUT2D eigenvalue weighted by Crippen LogP contribution is 2.16. The van der Waals surface area contributed by atoms with Crippen molar-refractivity contribution in [3.05, 3.63) is 54.1 Å². The molecule has 0 aliphatic rings. The van der Waals surface area contributed by atoms with Crippen LogP contribution in [0.1, 0.15) is 5.56 Å². The third kappa shape index (κ3) is 7.07. The average Bonchev–Trinajstić information content (AvgIpc) is 2.66. The molecule has 8 heteroatoms. The molecule has 2 amide bonds. The highest BCUT2D eigenvalue weighted by molar-refractivity contribution is 5.94. The number of carbonyl (C=O) groups is 3. The topological polar surface area (TPSA) is 114 Å². The van der Waals surface area contributed by atoms with Crippen molar-refractivity contribution in [3.63, 3.8) is 0 Å². The minimum absolute atomic E-state index is 0.0848. The highest BCUT2D eigenvalue weighted by Gasteiger charge is 2.08. The van der Waals surface area contributed by atoms with Crippen molar-refractivity contribution in [1.82, 2.24) is 5.32 Å². The van der Waals surface area contributed by atoms with Gasteiger partial charge in [0, 0.05) is 5.69 Å². The lowest BCUT2D eigenvalue weighted by Gasteiger charge is -2.09. The zero-order chi connectivity index (χ0) is 19.6. The first-order chi connectivity index (χ1) is 13.0. The van der Waals surface area contributed by atoms with Crippen LogP contribution in [0.3, 0.4) is 0 Å². The molecule has 142 valence electrons.